The molecule has 0 fully saturated rings. The molecule has 0 unspecified atom stereocenters. The number of hydrogen-bond acceptors (Lipinski definition) is 4. The fourth-order valence-corrected chi connectivity index (χ4v) is 2.23. The molecule has 0 aliphatic carbocycles. The molecule has 0 aliphatic heterocycles. The topological polar surface area (TPSA) is 55.2 Å². The standard InChI is InChI=1S/C16H14N2O2/c1-10-8-11(5-6-14(10)20-2)15-13(19)9-12-4-3-7-17-16(12)18-15/h3-9,19H,1-2H3. The van der Waals surface area contributed by atoms with Crippen LogP contribution in [-0.2, 0) is 0 Å². The van der Waals surface area contributed by atoms with Crippen molar-refractivity contribution in [2.24, 2.45) is 0 Å². The Morgan fingerprint density at radius 3 is 2.75 bits per heavy atom. The molecule has 1 N–H and O–H groups in total. The predicted molar refractivity (Wildman–Crippen MR) is 77.9 cm³/mol. The lowest BCUT2D eigenvalue weighted by atomic mass is 10.1. The second-order valence-electron chi connectivity index (χ2n) is 4.59. The van der Waals surface area contributed by atoms with Gasteiger partial charge in [-0.3, -0.25) is 0 Å². The quantitative estimate of drug-likeness (QED) is 0.773. The molecule has 4 nitrogen and oxygen atoms in total. The number of ether oxygens (including phenoxy) is 1. The molecule has 0 bridgehead atoms. The third-order valence-electron chi connectivity index (χ3n) is 3.24. The van der Waals surface area contributed by atoms with Gasteiger partial charge in [-0.1, -0.05) is 0 Å². The van der Waals surface area contributed by atoms with Gasteiger partial charge in [0.15, 0.2) is 5.65 Å². The zero-order valence-corrected chi connectivity index (χ0v) is 11.3. The maximum Gasteiger partial charge on any atom is 0.160 e. The number of nitrogens with zero attached hydrogens (tertiary/aromatic N) is 2. The van der Waals surface area contributed by atoms with Crippen molar-refractivity contribution in [2.45, 2.75) is 6.92 Å². The van der Waals surface area contributed by atoms with E-state index in [0.29, 0.717) is 11.3 Å². The summed E-state index contributed by atoms with van der Waals surface area (Å²) < 4.78 is 5.24. The predicted octanol–water partition coefficient (Wildman–Crippen LogP) is 3.32. The van der Waals surface area contributed by atoms with Gasteiger partial charge < -0.3 is 9.84 Å². The number of rotatable bonds is 2. The van der Waals surface area contributed by atoms with Crippen LogP contribution in [0.1, 0.15) is 5.56 Å². The Morgan fingerprint density at radius 1 is 1.15 bits per heavy atom. The van der Waals surface area contributed by atoms with Crippen molar-refractivity contribution >= 4 is 11.0 Å². The van der Waals surface area contributed by atoms with Gasteiger partial charge in [0.2, 0.25) is 0 Å². The lowest BCUT2D eigenvalue weighted by Crippen LogP contribution is -1.91. The van der Waals surface area contributed by atoms with Crippen LogP contribution < -0.4 is 4.74 Å². The normalized spacial score (nSPS) is 10.7. The van der Waals surface area contributed by atoms with Crippen molar-refractivity contribution in [1.82, 2.24) is 9.97 Å². The van der Waals surface area contributed by atoms with Gasteiger partial charge in [-0.25, -0.2) is 9.97 Å². The second kappa shape index (κ2) is 4.81. The van der Waals surface area contributed by atoms with Gasteiger partial charge in [0.25, 0.3) is 0 Å². The molecule has 0 amide bonds. The third-order valence-corrected chi connectivity index (χ3v) is 3.24. The number of benzene rings is 1. The van der Waals surface area contributed by atoms with Gasteiger partial charge in [-0.15, -0.1) is 0 Å². The summed E-state index contributed by atoms with van der Waals surface area (Å²) in [5.74, 6) is 0.960. The van der Waals surface area contributed by atoms with E-state index in [0.717, 1.165) is 22.3 Å². The van der Waals surface area contributed by atoms with Crippen LogP contribution in [0.5, 0.6) is 11.5 Å². The molecule has 0 aliphatic rings. The highest BCUT2D eigenvalue weighted by atomic mass is 16.5. The van der Waals surface area contributed by atoms with Crippen molar-refractivity contribution in [2.75, 3.05) is 7.11 Å². The van der Waals surface area contributed by atoms with Crippen LogP contribution in [0.3, 0.4) is 0 Å². The molecule has 2 heterocycles. The number of aromatic hydroxyl groups is 1. The minimum Gasteiger partial charge on any atom is -0.506 e. The molecular weight excluding hydrogens is 252 g/mol. The molecular formula is C16H14N2O2. The van der Waals surface area contributed by atoms with E-state index < -0.39 is 0 Å². The minimum atomic E-state index is 0.148. The van der Waals surface area contributed by atoms with Gasteiger partial charge in [-0.05, 0) is 48.9 Å². The van der Waals surface area contributed by atoms with Crippen molar-refractivity contribution in [3.8, 4) is 22.8 Å². The van der Waals surface area contributed by atoms with Crippen molar-refractivity contribution in [1.29, 1.82) is 0 Å². The Bertz CT molecular complexity index is 785. The molecule has 0 atom stereocenters. The highest BCUT2D eigenvalue weighted by Crippen LogP contribution is 2.32. The Labute approximate surface area is 116 Å². The number of aromatic nitrogens is 2. The Kier molecular flexibility index (Phi) is 2.99. The van der Waals surface area contributed by atoms with E-state index in [9.17, 15) is 5.11 Å². The van der Waals surface area contributed by atoms with E-state index in [1.807, 2.05) is 37.3 Å². The molecule has 0 spiro atoms. The van der Waals surface area contributed by atoms with Gasteiger partial charge in [0, 0.05) is 17.1 Å². The average molecular weight is 266 g/mol. The molecule has 0 radical (unpaired) electrons. The summed E-state index contributed by atoms with van der Waals surface area (Å²) in [7, 11) is 1.64. The highest BCUT2D eigenvalue weighted by molar-refractivity contribution is 5.82. The second-order valence-corrected chi connectivity index (χ2v) is 4.59. The smallest absolute Gasteiger partial charge is 0.160 e. The zero-order chi connectivity index (χ0) is 14.1. The first-order valence-corrected chi connectivity index (χ1v) is 6.29. The van der Waals surface area contributed by atoms with Gasteiger partial charge in [0.1, 0.15) is 17.2 Å². The minimum absolute atomic E-state index is 0.148. The number of fused-ring (bicyclic) bond motifs is 1. The van der Waals surface area contributed by atoms with E-state index >= 15 is 0 Å². The molecule has 0 saturated carbocycles. The van der Waals surface area contributed by atoms with Crippen molar-refractivity contribution in [3.63, 3.8) is 0 Å². The Balaban J connectivity index is 2.18. The van der Waals surface area contributed by atoms with Crippen LogP contribution in [0, 0.1) is 6.92 Å². The number of pyridine rings is 2. The van der Waals surface area contributed by atoms with Gasteiger partial charge in [-0.2, -0.15) is 0 Å². The summed E-state index contributed by atoms with van der Waals surface area (Å²) in [6, 6.07) is 11.1. The number of aryl methyl sites for hydroxylation is 1. The van der Waals surface area contributed by atoms with Gasteiger partial charge >= 0.3 is 0 Å². The lowest BCUT2D eigenvalue weighted by molar-refractivity contribution is 0.411. The number of methoxy groups -OCH3 is 1. The fourth-order valence-electron chi connectivity index (χ4n) is 2.23. The first kappa shape index (κ1) is 12.4. The zero-order valence-electron chi connectivity index (χ0n) is 11.3. The number of hydrogen-bond donors (Lipinski definition) is 1. The third kappa shape index (κ3) is 2.05. The first-order valence-electron chi connectivity index (χ1n) is 6.29. The van der Waals surface area contributed by atoms with Crippen LogP contribution in [-0.4, -0.2) is 22.2 Å². The van der Waals surface area contributed by atoms with Gasteiger partial charge in [0.05, 0.1) is 7.11 Å². The maximum atomic E-state index is 10.2. The first-order chi connectivity index (χ1) is 9.69. The lowest BCUT2D eigenvalue weighted by Gasteiger charge is -2.09. The van der Waals surface area contributed by atoms with E-state index in [1.165, 1.54) is 0 Å². The molecule has 2 aromatic heterocycles. The maximum absolute atomic E-state index is 10.2. The summed E-state index contributed by atoms with van der Waals surface area (Å²) in [4.78, 5) is 8.66. The molecule has 3 aromatic rings. The fraction of sp³-hybridized carbons (Fsp3) is 0.125. The molecule has 4 heteroatoms. The van der Waals surface area contributed by atoms with Crippen molar-refractivity contribution < 1.29 is 9.84 Å². The van der Waals surface area contributed by atoms with E-state index in [1.54, 1.807) is 19.4 Å². The largest absolute Gasteiger partial charge is 0.506 e. The van der Waals surface area contributed by atoms with E-state index in [4.69, 9.17) is 4.74 Å². The van der Waals surface area contributed by atoms with E-state index in [-0.39, 0.29) is 5.75 Å². The summed E-state index contributed by atoms with van der Waals surface area (Å²) in [6.07, 6.45) is 1.69. The summed E-state index contributed by atoms with van der Waals surface area (Å²) in [5.41, 5.74) is 2.98. The van der Waals surface area contributed by atoms with Crippen molar-refractivity contribution in [3.05, 3.63) is 48.2 Å². The van der Waals surface area contributed by atoms with Crippen LogP contribution in [0.15, 0.2) is 42.6 Å². The monoisotopic (exact) mass is 266 g/mol. The molecule has 0 saturated heterocycles. The SMILES string of the molecule is COc1ccc(-c2nc3ncccc3cc2O)cc1C. The van der Waals surface area contributed by atoms with Crippen LogP contribution in [0.4, 0.5) is 0 Å². The van der Waals surface area contributed by atoms with Crippen LogP contribution in [0.25, 0.3) is 22.3 Å². The Morgan fingerprint density at radius 2 is 2.00 bits per heavy atom. The van der Waals surface area contributed by atoms with Crippen LogP contribution in [0.2, 0.25) is 0 Å². The average Bonchev–Trinajstić information content (AvgIpc) is 2.46. The Hall–Kier alpha value is -2.62. The summed E-state index contributed by atoms with van der Waals surface area (Å²) >= 11 is 0. The molecule has 20 heavy (non-hydrogen) atoms. The highest BCUT2D eigenvalue weighted by Gasteiger charge is 2.10. The summed E-state index contributed by atoms with van der Waals surface area (Å²) in [5, 5.41) is 11.0. The molecule has 1 aromatic carbocycles. The molecule has 100 valence electrons. The van der Waals surface area contributed by atoms with E-state index in [2.05, 4.69) is 9.97 Å². The molecule has 3 rings (SSSR count). The summed E-state index contributed by atoms with van der Waals surface area (Å²) in [6.45, 7) is 1.96. The van der Waals surface area contributed by atoms with Crippen LogP contribution >= 0.6 is 0 Å².